The van der Waals surface area contributed by atoms with E-state index in [-0.39, 0.29) is 11.6 Å². The summed E-state index contributed by atoms with van der Waals surface area (Å²) in [5.41, 5.74) is 4.64. The monoisotopic (exact) mass is 457 g/mol. The van der Waals surface area contributed by atoms with Gasteiger partial charge in [0.15, 0.2) is 11.5 Å². The summed E-state index contributed by atoms with van der Waals surface area (Å²) in [6.45, 7) is 6.22. The van der Waals surface area contributed by atoms with Gasteiger partial charge in [0.1, 0.15) is 5.69 Å². The summed E-state index contributed by atoms with van der Waals surface area (Å²) in [5.74, 6) is -0.687. The van der Waals surface area contributed by atoms with Crippen LogP contribution in [-0.2, 0) is 13.0 Å². The fourth-order valence-corrected chi connectivity index (χ4v) is 4.52. The van der Waals surface area contributed by atoms with Crippen LogP contribution in [0, 0.1) is 5.82 Å². The number of anilines is 2. The predicted molar refractivity (Wildman–Crippen MR) is 133 cm³/mol. The maximum absolute atomic E-state index is 14.1. The Bertz CT molecular complexity index is 1280. The van der Waals surface area contributed by atoms with Crippen LogP contribution in [0.2, 0.25) is 0 Å². The first-order valence-corrected chi connectivity index (χ1v) is 11.7. The molecule has 7 heteroatoms. The van der Waals surface area contributed by atoms with Gasteiger partial charge in [0.05, 0.1) is 5.69 Å². The van der Waals surface area contributed by atoms with Crippen molar-refractivity contribution >= 4 is 22.9 Å². The third kappa shape index (κ3) is 4.33. The van der Waals surface area contributed by atoms with Crippen LogP contribution in [0.3, 0.4) is 0 Å². The molecule has 0 bridgehead atoms. The molecule has 1 amide bonds. The molecule has 6 nitrogen and oxygen atoms in total. The minimum Gasteiger partial charge on any atom is -0.368 e. The standard InChI is InChI=1S/C27H28FN5O/c1-2-24-25(33-14-6-9-23(28)26(33)30-24)27(34)29-19-20-10-12-22(13-11-20)32-17-15-31(16-18-32)21-7-4-3-5-8-21/h3-14H,2,15-19H2,1H3,(H,29,34). The van der Waals surface area contributed by atoms with Crippen LogP contribution in [0.25, 0.3) is 5.65 Å². The molecule has 34 heavy (non-hydrogen) atoms. The summed E-state index contributed by atoms with van der Waals surface area (Å²) in [6.07, 6.45) is 2.22. The number of rotatable bonds is 6. The summed E-state index contributed by atoms with van der Waals surface area (Å²) in [6, 6.07) is 21.8. The van der Waals surface area contributed by atoms with E-state index in [1.54, 1.807) is 12.3 Å². The molecule has 2 aromatic heterocycles. The first-order valence-electron chi connectivity index (χ1n) is 11.7. The number of aromatic nitrogens is 2. The van der Waals surface area contributed by atoms with Crippen molar-refractivity contribution in [3.05, 3.63) is 95.7 Å². The average molecular weight is 458 g/mol. The number of imidazole rings is 1. The summed E-state index contributed by atoms with van der Waals surface area (Å²) < 4.78 is 15.6. The zero-order valence-electron chi connectivity index (χ0n) is 19.2. The molecule has 3 heterocycles. The summed E-state index contributed by atoms with van der Waals surface area (Å²) in [4.78, 5) is 22.1. The third-order valence-electron chi connectivity index (χ3n) is 6.38. The quantitative estimate of drug-likeness (QED) is 0.469. The van der Waals surface area contributed by atoms with E-state index in [0.717, 1.165) is 31.7 Å². The van der Waals surface area contributed by atoms with Gasteiger partial charge in [-0.05, 0) is 48.4 Å². The van der Waals surface area contributed by atoms with Crippen molar-refractivity contribution < 1.29 is 9.18 Å². The molecule has 2 aromatic carbocycles. The lowest BCUT2D eigenvalue weighted by Crippen LogP contribution is -2.46. The number of amides is 1. The number of benzene rings is 2. The smallest absolute Gasteiger partial charge is 0.270 e. The number of para-hydroxylation sites is 1. The van der Waals surface area contributed by atoms with Crippen LogP contribution in [0.15, 0.2) is 72.9 Å². The van der Waals surface area contributed by atoms with Gasteiger partial charge in [-0.2, -0.15) is 0 Å². The molecule has 0 saturated carbocycles. The molecule has 1 aliphatic rings. The molecule has 0 atom stereocenters. The highest BCUT2D eigenvalue weighted by Gasteiger charge is 2.20. The van der Waals surface area contributed by atoms with Crippen molar-refractivity contribution in [2.45, 2.75) is 19.9 Å². The van der Waals surface area contributed by atoms with Crippen LogP contribution in [0.5, 0.6) is 0 Å². The SMILES string of the molecule is CCc1nc2c(F)cccn2c1C(=O)NCc1ccc(N2CCN(c3ccccc3)CC2)cc1. The number of carbonyl (C=O) groups is 1. The van der Waals surface area contributed by atoms with Crippen LogP contribution >= 0.6 is 0 Å². The van der Waals surface area contributed by atoms with Crippen molar-refractivity contribution in [2.24, 2.45) is 0 Å². The molecule has 1 saturated heterocycles. The molecular formula is C27H28FN5O. The maximum atomic E-state index is 14.1. The number of fused-ring (bicyclic) bond motifs is 1. The fraction of sp³-hybridized carbons (Fsp3) is 0.259. The van der Waals surface area contributed by atoms with E-state index in [1.807, 2.05) is 25.1 Å². The highest BCUT2D eigenvalue weighted by atomic mass is 19.1. The van der Waals surface area contributed by atoms with Crippen molar-refractivity contribution in [3.8, 4) is 0 Å². The lowest BCUT2D eigenvalue weighted by molar-refractivity contribution is 0.0944. The lowest BCUT2D eigenvalue weighted by Gasteiger charge is -2.37. The molecule has 174 valence electrons. The fourth-order valence-electron chi connectivity index (χ4n) is 4.52. The van der Waals surface area contributed by atoms with Gasteiger partial charge in [-0.15, -0.1) is 0 Å². The van der Waals surface area contributed by atoms with Gasteiger partial charge < -0.3 is 15.1 Å². The highest BCUT2D eigenvalue weighted by molar-refractivity contribution is 5.94. The van der Waals surface area contributed by atoms with Gasteiger partial charge >= 0.3 is 0 Å². The minimum absolute atomic E-state index is 0.182. The lowest BCUT2D eigenvalue weighted by atomic mass is 10.1. The third-order valence-corrected chi connectivity index (χ3v) is 6.38. The summed E-state index contributed by atoms with van der Waals surface area (Å²) in [7, 11) is 0. The number of hydrogen-bond acceptors (Lipinski definition) is 4. The van der Waals surface area contributed by atoms with Crippen molar-refractivity contribution in [2.75, 3.05) is 36.0 Å². The molecule has 0 spiro atoms. The van der Waals surface area contributed by atoms with E-state index in [1.165, 1.54) is 21.8 Å². The molecule has 0 radical (unpaired) electrons. The van der Waals surface area contributed by atoms with Crippen LogP contribution in [0.4, 0.5) is 15.8 Å². The Morgan fingerprint density at radius 3 is 2.21 bits per heavy atom. The zero-order valence-corrected chi connectivity index (χ0v) is 19.2. The van der Waals surface area contributed by atoms with Crippen molar-refractivity contribution in [1.29, 1.82) is 0 Å². The van der Waals surface area contributed by atoms with Gasteiger partial charge in [0, 0.05) is 50.3 Å². The van der Waals surface area contributed by atoms with E-state index in [4.69, 9.17) is 0 Å². The molecular weight excluding hydrogens is 429 g/mol. The Morgan fingerprint density at radius 2 is 1.56 bits per heavy atom. The van der Waals surface area contributed by atoms with E-state index in [9.17, 15) is 9.18 Å². The Labute approximate surface area is 198 Å². The first-order chi connectivity index (χ1) is 16.6. The second-order valence-electron chi connectivity index (χ2n) is 8.47. The highest BCUT2D eigenvalue weighted by Crippen LogP contribution is 2.21. The Balaban J connectivity index is 1.21. The molecule has 1 fully saturated rings. The van der Waals surface area contributed by atoms with Crippen LogP contribution in [-0.4, -0.2) is 41.5 Å². The largest absolute Gasteiger partial charge is 0.368 e. The average Bonchev–Trinajstić information content (AvgIpc) is 3.28. The second kappa shape index (κ2) is 9.55. The number of aryl methyl sites for hydroxylation is 1. The van der Waals surface area contributed by atoms with Gasteiger partial charge in [-0.1, -0.05) is 37.3 Å². The normalized spacial score (nSPS) is 13.9. The number of nitrogens with zero attached hydrogens (tertiary/aromatic N) is 4. The van der Waals surface area contributed by atoms with Gasteiger partial charge in [-0.3, -0.25) is 9.20 Å². The van der Waals surface area contributed by atoms with E-state index >= 15 is 0 Å². The van der Waals surface area contributed by atoms with E-state index in [2.05, 4.69) is 56.5 Å². The molecule has 4 aromatic rings. The zero-order chi connectivity index (χ0) is 23.5. The molecule has 5 rings (SSSR count). The van der Waals surface area contributed by atoms with E-state index in [0.29, 0.717) is 24.4 Å². The Morgan fingerprint density at radius 1 is 0.912 bits per heavy atom. The topological polar surface area (TPSA) is 52.9 Å². The molecule has 1 aliphatic heterocycles. The number of nitrogens with one attached hydrogen (secondary N) is 1. The van der Waals surface area contributed by atoms with Crippen LogP contribution in [0.1, 0.15) is 28.7 Å². The Kier molecular flexibility index (Phi) is 6.16. The number of pyridine rings is 1. The summed E-state index contributed by atoms with van der Waals surface area (Å²) in [5, 5.41) is 2.97. The van der Waals surface area contributed by atoms with Crippen molar-refractivity contribution in [1.82, 2.24) is 14.7 Å². The number of piperazine rings is 1. The molecule has 0 unspecified atom stereocenters. The van der Waals surface area contributed by atoms with Gasteiger partial charge in [-0.25, -0.2) is 9.37 Å². The first kappa shape index (κ1) is 21.9. The molecule has 0 aliphatic carbocycles. The predicted octanol–water partition coefficient (Wildman–Crippen LogP) is 4.29. The molecule has 1 N–H and O–H groups in total. The van der Waals surface area contributed by atoms with E-state index < -0.39 is 5.82 Å². The number of hydrogen-bond donors (Lipinski definition) is 1. The number of halogens is 1. The van der Waals surface area contributed by atoms with Gasteiger partial charge in [0.25, 0.3) is 5.91 Å². The minimum atomic E-state index is -0.434. The summed E-state index contributed by atoms with van der Waals surface area (Å²) >= 11 is 0. The van der Waals surface area contributed by atoms with Crippen LogP contribution < -0.4 is 15.1 Å². The van der Waals surface area contributed by atoms with Gasteiger partial charge in [0.2, 0.25) is 0 Å². The number of carbonyl (C=O) groups excluding carboxylic acids is 1. The van der Waals surface area contributed by atoms with Crippen molar-refractivity contribution in [3.63, 3.8) is 0 Å². The maximum Gasteiger partial charge on any atom is 0.270 e. The second-order valence-corrected chi connectivity index (χ2v) is 8.47. The Hall–Kier alpha value is -3.87.